The van der Waals surface area contributed by atoms with Crippen LogP contribution in [0, 0.1) is 11.6 Å². The fraction of sp³-hybridized carbons (Fsp3) is 0.0833. The quantitative estimate of drug-likeness (QED) is 0.928. The molecule has 0 aliphatic heterocycles. The number of hydrogen-bond donors (Lipinski definition) is 1. The Bertz CT molecular complexity index is 604. The topological polar surface area (TPSA) is 56.0 Å². The number of rotatable bonds is 3. The molecule has 18 heavy (non-hydrogen) atoms. The fourth-order valence-corrected chi connectivity index (χ4v) is 2.57. The first-order chi connectivity index (χ1) is 8.58. The molecule has 1 heterocycles. The molecule has 0 aliphatic carbocycles. The van der Waals surface area contributed by atoms with Crippen LogP contribution in [0.3, 0.4) is 0 Å². The molecule has 0 bridgehead atoms. The van der Waals surface area contributed by atoms with Crippen LogP contribution in [0.5, 0.6) is 0 Å². The van der Waals surface area contributed by atoms with E-state index in [-0.39, 0.29) is 10.8 Å². The smallest absolute Gasteiger partial charge is 0.159 e. The van der Waals surface area contributed by atoms with Gasteiger partial charge in [0.25, 0.3) is 0 Å². The Hall–Kier alpha value is -1.82. The molecule has 0 radical (unpaired) electrons. The number of aromatic nitrogens is 1. The maximum atomic E-state index is 13.0. The first-order valence-corrected chi connectivity index (χ1v) is 6.42. The minimum absolute atomic E-state index is 0.0401. The molecule has 0 saturated heterocycles. The van der Waals surface area contributed by atoms with Crippen molar-refractivity contribution in [3.63, 3.8) is 0 Å². The zero-order valence-electron chi connectivity index (χ0n) is 9.27. The standard InChI is InChI=1S/C12H10F2N2OS/c13-9-4-3-8(6-10(9)14)7-18(17)12-11(15)2-1-5-16-12/h1-6H,7,15H2. The third-order valence-electron chi connectivity index (χ3n) is 2.30. The van der Waals surface area contributed by atoms with Crippen molar-refractivity contribution >= 4 is 16.5 Å². The van der Waals surface area contributed by atoms with Crippen molar-refractivity contribution in [1.82, 2.24) is 4.98 Å². The van der Waals surface area contributed by atoms with Crippen molar-refractivity contribution in [1.29, 1.82) is 0 Å². The van der Waals surface area contributed by atoms with Gasteiger partial charge in [-0.2, -0.15) is 0 Å². The lowest BCUT2D eigenvalue weighted by Crippen LogP contribution is -2.03. The summed E-state index contributed by atoms with van der Waals surface area (Å²) in [7, 11) is -1.49. The van der Waals surface area contributed by atoms with Crippen LogP contribution >= 0.6 is 0 Å². The van der Waals surface area contributed by atoms with Gasteiger partial charge in [0.1, 0.15) is 5.03 Å². The highest BCUT2D eigenvalue weighted by atomic mass is 32.2. The molecule has 2 rings (SSSR count). The van der Waals surface area contributed by atoms with Gasteiger partial charge in [0.05, 0.1) is 22.2 Å². The molecule has 0 spiro atoms. The van der Waals surface area contributed by atoms with E-state index in [0.717, 1.165) is 12.1 Å². The molecule has 1 unspecified atom stereocenters. The number of nitrogens with zero attached hydrogens (tertiary/aromatic N) is 1. The lowest BCUT2D eigenvalue weighted by atomic mass is 10.2. The van der Waals surface area contributed by atoms with Crippen LogP contribution in [-0.2, 0) is 16.6 Å². The first kappa shape index (κ1) is 12.6. The molecular weight excluding hydrogens is 258 g/mol. The van der Waals surface area contributed by atoms with E-state index in [4.69, 9.17) is 5.73 Å². The molecule has 1 atom stereocenters. The predicted octanol–water partition coefficient (Wildman–Crippen LogP) is 2.25. The SMILES string of the molecule is Nc1cccnc1S(=O)Cc1ccc(F)c(F)c1. The van der Waals surface area contributed by atoms with Gasteiger partial charge in [-0.15, -0.1) is 0 Å². The van der Waals surface area contributed by atoms with Gasteiger partial charge in [0, 0.05) is 6.20 Å². The lowest BCUT2D eigenvalue weighted by Gasteiger charge is -2.05. The highest BCUT2D eigenvalue weighted by Gasteiger charge is 2.11. The number of anilines is 1. The zero-order valence-corrected chi connectivity index (χ0v) is 10.1. The van der Waals surface area contributed by atoms with E-state index >= 15 is 0 Å². The number of benzene rings is 1. The minimum atomic E-state index is -1.49. The molecule has 3 nitrogen and oxygen atoms in total. The number of nitrogens with two attached hydrogens (primary N) is 1. The van der Waals surface area contributed by atoms with E-state index in [2.05, 4.69) is 4.98 Å². The average molecular weight is 268 g/mol. The second-order valence-electron chi connectivity index (χ2n) is 3.64. The van der Waals surface area contributed by atoms with Crippen LogP contribution in [0.25, 0.3) is 0 Å². The number of pyridine rings is 1. The van der Waals surface area contributed by atoms with Crippen molar-refractivity contribution in [3.8, 4) is 0 Å². The minimum Gasteiger partial charge on any atom is -0.396 e. The lowest BCUT2D eigenvalue weighted by molar-refractivity contribution is 0.507. The summed E-state index contributed by atoms with van der Waals surface area (Å²) in [5, 5.41) is 0.252. The van der Waals surface area contributed by atoms with Crippen molar-refractivity contribution in [3.05, 3.63) is 53.7 Å². The van der Waals surface area contributed by atoms with Crippen LogP contribution in [0.15, 0.2) is 41.6 Å². The van der Waals surface area contributed by atoms with Crippen molar-refractivity contribution < 1.29 is 13.0 Å². The first-order valence-electron chi connectivity index (χ1n) is 5.10. The predicted molar refractivity (Wildman–Crippen MR) is 65.1 cm³/mol. The summed E-state index contributed by atoms with van der Waals surface area (Å²) in [5.74, 6) is -1.85. The van der Waals surface area contributed by atoms with Gasteiger partial charge in [0.15, 0.2) is 11.6 Å². The van der Waals surface area contributed by atoms with Gasteiger partial charge in [-0.05, 0) is 29.8 Å². The molecule has 1 aromatic carbocycles. The summed E-state index contributed by atoms with van der Waals surface area (Å²) in [4.78, 5) is 3.92. The van der Waals surface area contributed by atoms with E-state index in [9.17, 15) is 13.0 Å². The number of nitrogen functional groups attached to an aromatic ring is 1. The van der Waals surface area contributed by atoms with E-state index in [1.165, 1.54) is 12.3 Å². The zero-order chi connectivity index (χ0) is 13.1. The Morgan fingerprint density at radius 3 is 2.67 bits per heavy atom. The Labute approximate surface area is 105 Å². The third-order valence-corrected chi connectivity index (χ3v) is 3.67. The summed E-state index contributed by atoms with van der Waals surface area (Å²) >= 11 is 0. The summed E-state index contributed by atoms with van der Waals surface area (Å²) in [6.45, 7) is 0. The third kappa shape index (κ3) is 2.70. The van der Waals surface area contributed by atoms with Gasteiger partial charge < -0.3 is 5.73 Å². The summed E-state index contributed by atoms with van der Waals surface area (Å²) in [6, 6.07) is 6.63. The summed E-state index contributed by atoms with van der Waals surface area (Å²) in [5.41, 5.74) is 6.39. The normalized spacial score (nSPS) is 12.3. The Morgan fingerprint density at radius 1 is 1.22 bits per heavy atom. The molecule has 1 aromatic heterocycles. The highest BCUT2D eigenvalue weighted by Crippen LogP contribution is 2.17. The van der Waals surface area contributed by atoms with Gasteiger partial charge in [-0.1, -0.05) is 6.07 Å². The average Bonchev–Trinajstić information content (AvgIpc) is 2.34. The molecule has 6 heteroatoms. The number of halogens is 2. The second-order valence-corrected chi connectivity index (χ2v) is 5.00. The van der Waals surface area contributed by atoms with Gasteiger partial charge >= 0.3 is 0 Å². The van der Waals surface area contributed by atoms with Gasteiger partial charge in [0.2, 0.25) is 0 Å². The molecule has 0 fully saturated rings. The van der Waals surface area contributed by atoms with Crippen molar-refractivity contribution in [2.24, 2.45) is 0 Å². The maximum Gasteiger partial charge on any atom is 0.159 e. The van der Waals surface area contributed by atoms with Crippen LogP contribution in [0.2, 0.25) is 0 Å². The van der Waals surface area contributed by atoms with Crippen LogP contribution < -0.4 is 5.73 Å². The Morgan fingerprint density at radius 2 is 2.00 bits per heavy atom. The fourth-order valence-electron chi connectivity index (χ4n) is 1.44. The Balaban J connectivity index is 2.22. The van der Waals surface area contributed by atoms with Gasteiger partial charge in [-0.25, -0.2) is 13.8 Å². The summed E-state index contributed by atoms with van der Waals surface area (Å²) in [6.07, 6.45) is 1.48. The maximum absolute atomic E-state index is 13.0. The summed E-state index contributed by atoms with van der Waals surface area (Å²) < 4.78 is 37.7. The molecule has 0 amide bonds. The van der Waals surface area contributed by atoms with E-state index in [0.29, 0.717) is 11.3 Å². The molecule has 0 saturated carbocycles. The number of hydrogen-bond acceptors (Lipinski definition) is 3. The highest BCUT2D eigenvalue weighted by molar-refractivity contribution is 7.84. The van der Waals surface area contributed by atoms with Gasteiger partial charge in [-0.3, -0.25) is 4.21 Å². The van der Waals surface area contributed by atoms with Crippen molar-refractivity contribution in [2.45, 2.75) is 10.8 Å². The molecule has 94 valence electrons. The van der Waals surface area contributed by atoms with Crippen molar-refractivity contribution in [2.75, 3.05) is 5.73 Å². The van der Waals surface area contributed by atoms with Crippen LogP contribution in [0.1, 0.15) is 5.56 Å². The molecular formula is C12H10F2N2OS. The Kier molecular flexibility index (Phi) is 3.66. The molecule has 0 aliphatic rings. The van der Waals surface area contributed by atoms with E-state index < -0.39 is 22.4 Å². The van der Waals surface area contributed by atoms with E-state index in [1.54, 1.807) is 12.1 Å². The van der Waals surface area contributed by atoms with Crippen LogP contribution in [0.4, 0.5) is 14.5 Å². The molecule has 2 aromatic rings. The van der Waals surface area contributed by atoms with Crippen LogP contribution in [-0.4, -0.2) is 9.19 Å². The monoisotopic (exact) mass is 268 g/mol. The second kappa shape index (κ2) is 5.22. The largest absolute Gasteiger partial charge is 0.396 e. The molecule has 2 N–H and O–H groups in total. The van der Waals surface area contributed by atoms with E-state index in [1.807, 2.05) is 0 Å².